The van der Waals surface area contributed by atoms with E-state index in [1.807, 2.05) is 0 Å². The van der Waals surface area contributed by atoms with Gasteiger partial charge in [0.1, 0.15) is 0 Å². The highest BCUT2D eigenvalue weighted by molar-refractivity contribution is 5.90. The summed E-state index contributed by atoms with van der Waals surface area (Å²) >= 11 is 0. The SMILES string of the molecule is COC(=O)c1ccn2nc(CC3CCCNC3)nc2c1. The van der Waals surface area contributed by atoms with Crippen molar-refractivity contribution in [1.29, 1.82) is 0 Å². The molecule has 2 aromatic rings. The number of ether oxygens (including phenoxy) is 1. The van der Waals surface area contributed by atoms with Crippen LogP contribution in [0.3, 0.4) is 0 Å². The molecule has 1 aliphatic rings. The first-order chi connectivity index (χ1) is 9.76. The standard InChI is InChI=1S/C14H18N4O2/c1-20-14(19)11-4-6-18-13(8-11)16-12(17-18)7-10-3-2-5-15-9-10/h4,6,8,10,15H,2-3,5,7,9H2,1H3. The van der Waals surface area contributed by atoms with E-state index in [4.69, 9.17) is 4.74 Å². The quantitative estimate of drug-likeness (QED) is 0.848. The lowest BCUT2D eigenvalue weighted by Crippen LogP contribution is -2.31. The van der Waals surface area contributed by atoms with Gasteiger partial charge in [0.15, 0.2) is 11.5 Å². The minimum Gasteiger partial charge on any atom is -0.465 e. The van der Waals surface area contributed by atoms with Gasteiger partial charge in [0, 0.05) is 12.6 Å². The Balaban J connectivity index is 1.81. The number of nitrogens with zero attached hydrogens (tertiary/aromatic N) is 3. The van der Waals surface area contributed by atoms with Crippen LogP contribution < -0.4 is 5.32 Å². The Morgan fingerprint density at radius 3 is 3.25 bits per heavy atom. The van der Waals surface area contributed by atoms with Crippen LogP contribution in [-0.4, -0.2) is 40.8 Å². The number of carbonyl (C=O) groups is 1. The molecule has 0 amide bonds. The number of piperidine rings is 1. The van der Waals surface area contributed by atoms with Gasteiger partial charge >= 0.3 is 5.97 Å². The first-order valence-corrected chi connectivity index (χ1v) is 6.90. The normalized spacial score (nSPS) is 19.1. The zero-order valence-electron chi connectivity index (χ0n) is 11.5. The molecule has 0 saturated carbocycles. The van der Waals surface area contributed by atoms with Crippen LogP contribution in [0.4, 0.5) is 0 Å². The molecule has 0 spiro atoms. The highest BCUT2D eigenvalue weighted by Gasteiger charge is 2.16. The van der Waals surface area contributed by atoms with Crippen LogP contribution in [0.5, 0.6) is 0 Å². The number of methoxy groups -OCH3 is 1. The monoisotopic (exact) mass is 274 g/mol. The molecule has 0 radical (unpaired) electrons. The second-order valence-corrected chi connectivity index (χ2v) is 5.15. The van der Waals surface area contributed by atoms with Gasteiger partial charge < -0.3 is 10.1 Å². The van der Waals surface area contributed by atoms with E-state index in [1.54, 1.807) is 22.8 Å². The summed E-state index contributed by atoms with van der Waals surface area (Å²) in [6.45, 7) is 2.14. The maximum Gasteiger partial charge on any atom is 0.338 e. The average molecular weight is 274 g/mol. The van der Waals surface area contributed by atoms with Crippen LogP contribution in [0.2, 0.25) is 0 Å². The van der Waals surface area contributed by atoms with E-state index >= 15 is 0 Å². The molecule has 0 bridgehead atoms. The summed E-state index contributed by atoms with van der Waals surface area (Å²) in [6.07, 6.45) is 5.06. The third-order valence-electron chi connectivity index (χ3n) is 3.67. The molecule has 1 atom stereocenters. The van der Waals surface area contributed by atoms with E-state index in [1.165, 1.54) is 20.0 Å². The number of nitrogens with one attached hydrogen (secondary N) is 1. The molecule has 20 heavy (non-hydrogen) atoms. The molecule has 106 valence electrons. The van der Waals surface area contributed by atoms with Crippen molar-refractivity contribution in [2.24, 2.45) is 5.92 Å². The second-order valence-electron chi connectivity index (χ2n) is 5.15. The van der Waals surface area contributed by atoms with E-state index in [9.17, 15) is 4.79 Å². The van der Waals surface area contributed by atoms with Gasteiger partial charge in [-0.2, -0.15) is 5.10 Å². The lowest BCUT2D eigenvalue weighted by Gasteiger charge is -2.21. The largest absolute Gasteiger partial charge is 0.465 e. The summed E-state index contributed by atoms with van der Waals surface area (Å²) in [5.41, 5.74) is 1.19. The molecule has 1 N–H and O–H groups in total. The van der Waals surface area contributed by atoms with Crippen LogP contribution >= 0.6 is 0 Å². The Bertz CT molecular complexity index is 617. The predicted molar refractivity (Wildman–Crippen MR) is 73.6 cm³/mol. The van der Waals surface area contributed by atoms with Crippen LogP contribution in [-0.2, 0) is 11.2 Å². The molecular formula is C14H18N4O2. The van der Waals surface area contributed by atoms with Crippen LogP contribution in [0, 0.1) is 5.92 Å². The zero-order valence-corrected chi connectivity index (χ0v) is 11.5. The van der Waals surface area contributed by atoms with E-state index in [-0.39, 0.29) is 5.97 Å². The Morgan fingerprint density at radius 1 is 1.60 bits per heavy atom. The Labute approximate surface area is 117 Å². The molecule has 0 aliphatic carbocycles. The number of hydrogen-bond acceptors (Lipinski definition) is 5. The minimum atomic E-state index is -0.353. The number of esters is 1. The van der Waals surface area contributed by atoms with Crippen molar-refractivity contribution in [2.45, 2.75) is 19.3 Å². The van der Waals surface area contributed by atoms with Gasteiger partial charge in [0.2, 0.25) is 0 Å². The van der Waals surface area contributed by atoms with E-state index < -0.39 is 0 Å². The first kappa shape index (κ1) is 13.1. The molecule has 3 rings (SSSR count). The molecule has 1 saturated heterocycles. The zero-order chi connectivity index (χ0) is 13.9. The second kappa shape index (κ2) is 5.58. The van der Waals surface area contributed by atoms with Gasteiger partial charge in [-0.05, 0) is 44.0 Å². The van der Waals surface area contributed by atoms with Crippen molar-refractivity contribution in [3.8, 4) is 0 Å². The van der Waals surface area contributed by atoms with Crippen molar-refractivity contribution in [3.05, 3.63) is 29.7 Å². The van der Waals surface area contributed by atoms with Crippen molar-refractivity contribution >= 4 is 11.6 Å². The number of pyridine rings is 1. The van der Waals surface area contributed by atoms with Crippen molar-refractivity contribution < 1.29 is 9.53 Å². The number of fused-ring (bicyclic) bond motifs is 1. The predicted octanol–water partition coefficient (Wildman–Crippen LogP) is 1.06. The van der Waals surface area contributed by atoms with Crippen LogP contribution in [0.15, 0.2) is 18.3 Å². The molecule has 6 heteroatoms. The van der Waals surface area contributed by atoms with Crippen molar-refractivity contribution in [1.82, 2.24) is 19.9 Å². The summed E-state index contributed by atoms with van der Waals surface area (Å²) in [4.78, 5) is 16.0. The lowest BCUT2D eigenvalue weighted by molar-refractivity contribution is 0.0600. The topological polar surface area (TPSA) is 68.5 Å². The first-order valence-electron chi connectivity index (χ1n) is 6.90. The molecule has 3 heterocycles. The van der Waals surface area contributed by atoms with Gasteiger partial charge in [-0.1, -0.05) is 0 Å². The van der Waals surface area contributed by atoms with Gasteiger partial charge in [0.05, 0.1) is 12.7 Å². The van der Waals surface area contributed by atoms with Crippen LogP contribution in [0.1, 0.15) is 29.0 Å². The Kier molecular flexibility index (Phi) is 3.64. The number of rotatable bonds is 3. The molecule has 6 nitrogen and oxygen atoms in total. The summed E-state index contributed by atoms with van der Waals surface area (Å²) in [5.74, 6) is 1.08. The molecule has 1 fully saturated rings. The number of carbonyl (C=O) groups excluding carboxylic acids is 1. The smallest absolute Gasteiger partial charge is 0.338 e. The highest BCUT2D eigenvalue weighted by atomic mass is 16.5. The van der Waals surface area contributed by atoms with Gasteiger partial charge in [-0.3, -0.25) is 0 Å². The maximum atomic E-state index is 11.5. The Hall–Kier alpha value is -1.95. The summed E-state index contributed by atoms with van der Waals surface area (Å²) in [7, 11) is 1.37. The van der Waals surface area contributed by atoms with Gasteiger partial charge in [0.25, 0.3) is 0 Å². The summed E-state index contributed by atoms with van der Waals surface area (Å²) in [6, 6.07) is 3.40. The number of hydrogen-bond donors (Lipinski definition) is 1. The Morgan fingerprint density at radius 2 is 2.50 bits per heavy atom. The molecule has 1 unspecified atom stereocenters. The minimum absolute atomic E-state index is 0.353. The lowest BCUT2D eigenvalue weighted by atomic mass is 9.96. The van der Waals surface area contributed by atoms with Crippen molar-refractivity contribution in [2.75, 3.05) is 20.2 Å². The third-order valence-corrected chi connectivity index (χ3v) is 3.67. The van der Waals surface area contributed by atoms with E-state index in [0.717, 1.165) is 25.3 Å². The van der Waals surface area contributed by atoms with Crippen LogP contribution in [0.25, 0.3) is 5.65 Å². The molecule has 0 aromatic carbocycles. The van der Waals surface area contributed by atoms with E-state index in [2.05, 4.69) is 15.4 Å². The van der Waals surface area contributed by atoms with E-state index in [0.29, 0.717) is 17.1 Å². The highest BCUT2D eigenvalue weighted by Crippen LogP contribution is 2.15. The fourth-order valence-corrected chi connectivity index (χ4v) is 2.62. The van der Waals surface area contributed by atoms with Crippen molar-refractivity contribution in [3.63, 3.8) is 0 Å². The fraction of sp³-hybridized carbons (Fsp3) is 0.500. The van der Waals surface area contributed by atoms with Gasteiger partial charge in [-0.25, -0.2) is 14.3 Å². The summed E-state index contributed by atoms with van der Waals surface area (Å²) < 4.78 is 6.42. The molecule has 1 aliphatic heterocycles. The summed E-state index contributed by atoms with van der Waals surface area (Å²) in [5, 5.41) is 7.86. The van der Waals surface area contributed by atoms with Gasteiger partial charge in [-0.15, -0.1) is 0 Å². The molecular weight excluding hydrogens is 256 g/mol. The third kappa shape index (κ3) is 2.65. The molecule has 2 aromatic heterocycles. The average Bonchev–Trinajstić information content (AvgIpc) is 2.88. The fourth-order valence-electron chi connectivity index (χ4n) is 2.62. The number of aromatic nitrogens is 3. The maximum absolute atomic E-state index is 11.5.